The first-order valence-electron chi connectivity index (χ1n) is 3.70. The van der Waals surface area contributed by atoms with Gasteiger partial charge in [-0.3, -0.25) is 9.11 Å². The van der Waals surface area contributed by atoms with Gasteiger partial charge in [0.1, 0.15) is 0 Å². The highest BCUT2D eigenvalue weighted by Gasteiger charge is 2.11. The van der Waals surface area contributed by atoms with E-state index in [0.29, 0.717) is 0 Å². The number of carboxylic acid groups (broad SMARTS) is 1. The second kappa shape index (κ2) is 5.34. The smallest absolute Gasteiger partial charge is 0.394 e. The lowest BCUT2D eigenvalue weighted by molar-refractivity contribution is 0.0695. The summed E-state index contributed by atoms with van der Waals surface area (Å²) in [5.74, 6) is -3.33. The molecule has 0 fully saturated rings. The lowest BCUT2D eigenvalue weighted by Crippen LogP contribution is -1.95. The van der Waals surface area contributed by atoms with Gasteiger partial charge in [-0.05, 0) is 12.1 Å². The SMILES string of the molecule is O=C(O)c1cc(O)c(O)c(O)c1.O=S(=O)(O)O. The first kappa shape index (κ1) is 15.0. The summed E-state index contributed by atoms with van der Waals surface area (Å²) in [5, 5.41) is 35.0. The van der Waals surface area contributed by atoms with Gasteiger partial charge >= 0.3 is 16.4 Å². The van der Waals surface area contributed by atoms with Crippen LogP contribution in [0.4, 0.5) is 0 Å². The van der Waals surface area contributed by atoms with Gasteiger partial charge in [0.15, 0.2) is 17.2 Å². The van der Waals surface area contributed by atoms with Gasteiger partial charge in [0.25, 0.3) is 0 Å². The van der Waals surface area contributed by atoms with Crippen molar-refractivity contribution >= 4 is 16.4 Å². The number of aromatic hydroxyl groups is 3. The summed E-state index contributed by atoms with van der Waals surface area (Å²) in [4.78, 5) is 10.3. The third kappa shape index (κ3) is 6.19. The van der Waals surface area contributed by atoms with E-state index in [1.165, 1.54) is 0 Å². The van der Waals surface area contributed by atoms with Gasteiger partial charge in [0, 0.05) is 0 Å². The molecule has 0 aliphatic carbocycles. The normalized spacial score (nSPS) is 10.2. The number of carboxylic acids is 1. The van der Waals surface area contributed by atoms with E-state index in [-0.39, 0.29) is 5.56 Å². The molecule has 0 saturated heterocycles. The fourth-order valence-corrected chi connectivity index (χ4v) is 0.728. The van der Waals surface area contributed by atoms with Crippen LogP contribution in [0.3, 0.4) is 0 Å². The van der Waals surface area contributed by atoms with Crippen LogP contribution in [0.15, 0.2) is 12.1 Å². The molecule has 0 atom stereocenters. The van der Waals surface area contributed by atoms with Gasteiger partial charge in [-0.1, -0.05) is 0 Å². The second-order valence-electron chi connectivity index (χ2n) is 2.62. The third-order valence-electron chi connectivity index (χ3n) is 1.32. The van der Waals surface area contributed by atoms with Crippen molar-refractivity contribution < 1.29 is 42.7 Å². The predicted octanol–water partition coefficient (Wildman–Crippen LogP) is -0.151. The number of phenols is 3. The van der Waals surface area contributed by atoms with Crippen LogP contribution < -0.4 is 0 Å². The van der Waals surface area contributed by atoms with E-state index in [9.17, 15) is 4.79 Å². The molecule has 0 unspecified atom stereocenters. The molecule has 1 aromatic carbocycles. The Bertz CT molecular complexity index is 487. The Hall–Kier alpha value is -2.04. The molecular weight excluding hydrogens is 260 g/mol. The second-order valence-corrected chi connectivity index (χ2v) is 3.51. The fraction of sp³-hybridized carbons (Fsp3) is 0. The highest BCUT2D eigenvalue weighted by Crippen LogP contribution is 2.35. The molecule has 0 aliphatic rings. The Morgan fingerprint density at radius 1 is 1.00 bits per heavy atom. The number of carbonyl (C=O) groups is 1. The summed E-state index contributed by atoms with van der Waals surface area (Å²) < 4.78 is 31.6. The first-order valence-corrected chi connectivity index (χ1v) is 5.10. The molecule has 96 valence electrons. The average Bonchev–Trinajstić information content (AvgIpc) is 2.10. The first-order chi connectivity index (χ1) is 7.52. The van der Waals surface area contributed by atoms with E-state index >= 15 is 0 Å². The van der Waals surface area contributed by atoms with Crippen molar-refractivity contribution in [2.75, 3.05) is 0 Å². The van der Waals surface area contributed by atoms with Gasteiger partial charge in [-0.15, -0.1) is 0 Å². The summed E-state index contributed by atoms with van der Waals surface area (Å²) in [6.07, 6.45) is 0. The predicted molar refractivity (Wildman–Crippen MR) is 52.6 cm³/mol. The van der Waals surface area contributed by atoms with E-state index < -0.39 is 33.6 Å². The maximum Gasteiger partial charge on any atom is 0.394 e. The van der Waals surface area contributed by atoms with Crippen molar-refractivity contribution in [3.05, 3.63) is 17.7 Å². The molecule has 0 saturated carbocycles. The van der Waals surface area contributed by atoms with E-state index in [0.717, 1.165) is 12.1 Å². The molecule has 0 spiro atoms. The highest BCUT2D eigenvalue weighted by atomic mass is 32.3. The zero-order chi connectivity index (χ0) is 13.8. The van der Waals surface area contributed by atoms with Gasteiger partial charge in [-0.25, -0.2) is 4.79 Å². The van der Waals surface area contributed by atoms with Crippen LogP contribution in [0.5, 0.6) is 17.2 Å². The Balaban J connectivity index is 0.000000437. The summed E-state index contributed by atoms with van der Waals surface area (Å²) in [6.45, 7) is 0. The van der Waals surface area contributed by atoms with Crippen molar-refractivity contribution in [2.45, 2.75) is 0 Å². The van der Waals surface area contributed by atoms with E-state index in [2.05, 4.69) is 0 Å². The van der Waals surface area contributed by atoms with Crippen LogP contribution >= 0.6 is 0 Å². The summed E-state index contributed by atoms with van der Waals surface area (Å²) in [6, 6.07) is 1.69. The maximum atomic E-state index is 10.3. The van der Waals surface area contributed by atoms with Crippen molar-refractivity contribution in [1.82, 2.24) is 0 Å². The minimum atomic E-state index is -4.67. The zero-order valence-corrected chi connectivity index (χ0v) is 8.79. The van der Waals surface area contributed by atoms with Gasteiger partial charge in [0.05, 0.1) is 5.56 Å². The molecule has 0 heterocycles. The number of hydrogen-bond acceptors (Lipinski definition) is 6. The van der Waals surface area contributed by atoms with Crippen molar-refractivity contribution in [2.24, 2.45) is 0 Å². The summed E-state index contributed by atoms with van der Waals surface area (Å²) in [5.41, 5.74) is -0.289. The monoisotopic (exact) mass is 268 g/mol. The van der Waals surface area contributed by atoms with Crippen molar-refractivity contribution in [1.29, 1.82) is 0 Å². The van der Waals surface area contributed by atoms with Gasteiger partial charge in [0.2, 0.25) is 0 Å². The summed E-state index contributed by atoms with van der Waals surface area (Å²) in [7, 11) is -4.67. The minimum Gasteiger partial charge on any atom is -0.504 e. The number of phenolic OH excluding ortho intramolecular Hbond substituents is 3. The highest BCUT2D eigenvalue weighted by molar-refractivity contribution is 7.79. The minimum absolute atomic E-state index is 0.289. The quantitative estimate of drug-likeness (QED) is 0.299. The molecule has 0 aliphatic heterocycles. The van der Waals surface area contributed by atoms with Gasteiger partial charge < -0.3 is 20.4 Å². The Kier molecular flexibility index (Phi) is 4.70. The molecule has 6 N–H and O–H groups in total. The number of hydrogen-bond donors (Lipinski definition) is 6. The maximum absolute atomic E-state index is 10.3. The van der Waals surface area contributed by atoms with Crippen molar-refractivity contribution in [3.8, 4) is 17.2 Å². The topological polar surface area (TPSA) is 173 Å². The van der Waals surface area contributed by atoms with E-state index in [1.54, 1.807) is 0 Å². The Morgan fingerprint density at radius 2 is 1.29 bits per heavy atom. The number of aromatic carboxylic acids is 1. The largest absolute Gasteiger partial charge is 0.504 e. The molecular formula is C7H8O9S. The van der Waals surface area contributed by atoms with Crippen LogP contribution in [-0.2, 0) is 10.4 Å². The molecule has 10 heteroatoms. The van der Waals surface area contributed by atoms with Crippen LogP contribution in [0, 0.1) is 0 Å². The lowest BCUT2D eigenvalue weighted by atomic mass is 10.2. The van der Waals surface area contributed by atoms with Crippen molar-refractivity contribution in [3.63, 3.8) is 0 Å². The van der Waals surface area contributed by atoms with E-state index in [1.807, 2.05) is 0 Å². The molecule has 0 radical (unpaired) electrons. The fourth-order valence-electron chi connectivity index (χ4n) is 0.728. The van der Waals surface area contributed by atoms with Gasteiger partial charge in [-0.2, -0.15) is 8.42 Å². The molecule has 17 heavy (non-hydrogen) atoms. The zero-order valence-electron chi connectivity index (χ0n) is 7.97. The van der Waals surface area contributed by atoms with Crippen LogP contribution in [0.2, 0.25) is 0 Å². The molecule has 1 aromatic rings. The molecule has 1 rings (SSSR count). The van der Waals surface area contributed by atoms with E-state index in [4.69, 9.17) is 37.9 Å². The standard InChI is InChI=1S/C7H6O5.H2O4S/c8-4-1-3(7(11)12)2-5(9)6(4)10;1-5(2,3)4/h1-2,8-10H,(H,11,12);(H2,1,2,3,4). The summed E-state index contributed by atoms with van der Waals surface area (Å²) >= 11 is 0. The third-order valence-corrected chi connectivity index (χ3v) is 1.32. The molecule has 0 aromatic heterocycles. The molecule has 0 amide bonds. The van der Waals surface area contributed by atoms with Crippen LogP contribution in [0.25, 0.3) is 0 Å². The Labute approximate surface area is 94.8 Å². The molecule has 0 bridgehead atoms. The Morgan fingerprint density at radius 3 is 1.53 bits per heavy atom. The number of benzene rings is 1. The lowest BCUT2D eigenvalue weighted by Gasteiger charge is -2.01. The average molecular weight is 268 g/mol. The van der Waals surface area contributed by atoms with Crippen LogP contribution in [-0.4, -0.2) is 43.9 Å². The number of rotatable bonds is 1. The van der Waals surface area contributed by atoms with Crippen LogP contribution in [0.1, 0.15) is 10.4 Å². The molecule has 9 nitrogen and oxygen atoms in total.